The van der Waals surface area contributed by atoms with E-state index in [-0.39, 0.29) is 35.9 Å². The molecule has 0 atom stereocenters. The average Bonchev–Trinajstić information content (AvgIpc) is 2.68. The second kappa shape index (κ2) is 15.2. The van der Waals surface area contributed by atoms with Crippen LogP contribution in [0.25, 0.3) is 0 Å². The predicted molar refractivity (Wildman–Crippen MR) is 132 cm³/mol. The fourth-order valence-electron chi connectivity index (χ4n) is 4.04. The normalized spacial score (nSPS) is 19.2. The maximum atomic E-state index is 11.9. The van der Waals surface area contributed by atoms with E-state index in [1.807, 2.05) is 20.9 Å². The van der Waals surface area contributed by atoms with Gasteiger partial charge in [0.1, 0.15) is 0 Å². The number of carbonyl (C=O) groups excluding carboxylic acids is 1. The Kier molecular flexibility index (Phi) is 13.9. The van der Waals surface area contributed by atoms with E-state index in [2.05, 4.69) is 30.3 Å². The smallest absolute Gasteiger partial charge is 0.234 e. The molecule has 2 aliphatic rings. The number of carbonyl (C=O) groups is 1. The summed E-state index contributed by atoms with van der Waals surface area (Å²) in [4.78, 5) is 23.5. The molecule has 0 bridgehead atoms. The molecule has 2 N–H and O–H groups in total. The van der Waals surface area contributed by atoms with Gasteiger partial charge in [0.25, 0.3) is 0 Å². The molecule has 170 valence electrons. The summed E-state index contributed by atoms with van der Waals surface area (Å²) in [6, 6.07) is 0.205. The maximum absolute atomic E-state index is 11.9. The standard InChI is InChI=1S/C21H42N6O.HI/c1-19(2)24-20(28)18-26-14-16-27(17-15-26)21(22-3)23-10-6-4-7-11-25-12-8-5-9-13-25;/h19H,4-18H2,1-3H3,(H,22,23)(H,24,28);1H. The Balaban J connectivity index is 0.00000420. The second-order valence-corrected chi connectivity index (χ2v) is 8.42. The molecule has 2 heterocycles. The van der Waals surface area contributed by atoms with Crippen LogP contribution in [-0.4, -0.2) is 98.6 Å². The monoisotopic (exact) mass is 522 g/mol. The maximum Gasteiger partial charge on any atom is 0.234 e. The van der Waals surface area contributed by atoms with E-state index in [1.54, 1.807) is 0 Å². The van der Waals surface area contributed by atoms with E-state index in [4.69, 9.17) is 0 Å². The lowest BCUT2D eigenvalue weighted by Gasteiger charge is -2.36. The lowest BCUT2D eigenvalue weighted by Crippen LogP contribution is -2.54. The Morgan fingerprint density at radius 3 is 2.24 bits per heavy atom. The Morgan fingerprint density at radius 2 is 1.62 bits per heavy atom. The molecule has 2 saturated heterocycles. The molecule has 1 amide bonds. The van der Waals surface area contributed by atoms with Crippen molar-refractivity contribution in [3.05, 3.63) is 0 Å². The largest absolute Gasteiger partial charge is 0.356 e. The molecular formula is C21H43IN6O. The summed E-state index contributed by atoms with van der Waals surface area (Å²) in [5.74, 6) is 1.12. The van der Waals surface area contributed by atoms with Gasteiger partial charge in [-0.3, -0.25) is 14.7 Å². The van der Waals surface area contributed by atoms with Crippen LogP contribution < -0.4 is 10.6 Å². The number of amides is 1. The number of guanidine groups is 1. The number of unbranched alkanes of at least 4 members (excludes halogenated alkanes) is 2. The number of rotatable bonds is 9. The number of piperazine rings is 1. The van der Waals surface area contributed by atoms with E-state index in [1.165, 1.54) is 58.2 Å². The predicted octanol–water partition coefficient (Wildman–Crippen LogP) is 1.98. The second-order valence-electron chi connectivity index (χ2n) is 8.42. The van der Waals surface area contributed by atoms with Crippen LogP contribution in [0.4, 0.5) is 0 Å². The van der Waals surface area contributed by atoms with Gasteiger partial charge in [0.05, 0.1) is 6.54 Å². The highest BCUT2D eigenvalue weighted by molar-refractivity contribution is 14.0. The summed E-state index contributed by atoms with van der Waals surface area (Å²) in [5, 5.41) is 6.49. The summed E-state index contributed by atoms with van der Waals surface area (Å²) in [7, 11) is 1.86. The SMILES string of the molecule is CN=C(NCCCCCN1CCCCC1)N1CCN(CC(=O)NC(C)C)CC1.I. The van der Waals surface area contributed by atoms with Crippen molar-refractivity contribution in [1.82, 2.24) is 25.3 Å². The van der Waals surface area contributed by atoms with Gasteiger partial charge in [0.15, 0.2) is 5.96 Å². The van der Waals surface area contributed by atoms with Gasteiger partial charge in [-0.1, -0.05) is 12.8 Å². The summed E-state index contributed by atoms with van der Waals surface area (Å²) in [6.07, 6.45) is 7.96. The number of hydrogen-bond acceptors (Lipinski definition) is 4. The Morgan fingerprint density at radius 1 is 0.931 bits per heavy atom. The first kappa shape index (κ1) is 26.4. The molecule has 0 unspecified atom stereocenters. The first-order chi connectivity index (χ1) is 13.6. The first-order valence-electron chi connectivity index (χ1n) is 11.3. The van der Waals surface area contributed by atoms with Crippen molar-refractivity contribution in [2.24, 2.45) is 4.99 Å². The van der Waals surface area contributed by atoms with E-state index >= 15 is 0 Å². The molecule has 8 heteroatoms. The third-order valence-corrected chi connectivity index (χ3v) is 5.58. The fourth-order valence-corrected chi connectivity index (χ4v) is 4.04. The van der Waals surface area contributed by atoms with E-state index in [0.29, 0.717) is 6.54 Å². The van der Waals surface area contributed by atoms with Crippen LogP contribution in [-0.2, 0) is 4.79 Å². The minimum atomic E-state index is 0. The van der Waals surface area contributed by atoms with Gasteiger partial charge in [0, 0.05) is 45.8 Å². The molecule has 7 nitrogen and oxygen atoms in total. The summed E-state index contributed by atoms with van der Waals surface area (Å²) in [5.41, 5.74) is 0. The molecule has 2 rings (SSSR count). The van der Waals surface area contributed by atoms with Gasteiger partial charge in [-0.25, -0.2) is 0 Å². The van der Waals surface area contributed by atoms with Gasteiger partial charge in [-0.05, 0) is 59.2 Å². The van der Waals surface area contributed by atoms with Crippen LogP contribution in [0.5, 0.6) is 0 Å². The zero-order valence-electron chi connectivity index (χ0n) is 18.8. The molecule has 29 heavy (non-hydrogen) atoms. The van der Waals surface area contributed by atoms with Gasteiger partial charge in [-0.15, -0.1) is 24.0 Å². The molecule has 2 fully saturated rings. The van der Waals surface area contributed by atoms with Crippen molar-refractivity contribution >= 4 is 35.8 Å². The molecule has 0 aliphatic carbocycles. The van der Waals surface area contributed by atoms with Crippen LogP contribution in [0.3, 0.4) is 0 Å². The number of halogens is 1. The van der Waals surface area contributed by atoms with Crippen LogP contribution in [0.2, 0.25) is 0 Å². The zero-order valence-corrected chi connectivity index (χ0v) is 21.1. The lowest BCUT2D eigenvalue weighted by molar-refractivity contribution is -0.123. The van der Waals surface area contributed by atoms with Crippen molar-refractivity contribution in [3.63, 3.8) is 0 Å². The first-order valence-corrected chi connectivity index (χ1v) is 11.3. The Hall–Kier alpha value is -0.610. The van der Waals surface area contributed by atoms with Crippen molar-refractivity contribution < 1.29 is 4.79 Å². The quantitative estimate of drug-likeness (QED) is 0.210. The molecule has 0 radical (unpaired) electrons. The number of piperidine rings is 1. The Bertz CT molecular complexity index is 474. The number of aliphatic imine (C=N–C) groups is 1. The molecule has 0 spiro atoms. The van der Waals surface area contributed by atoms with Crippen LogP contribution in [0, 0.1) is 0 Å². The number of likely N-dealkylation sites (tertiary alicyclic amines) is 1. The summed E-state index contributed by atoms with van der Waals surface area (Å²) >= 11 is 0. The van der Waals surface area contributed by atoms with Crippen LogP contribution in [0.1, 0.15) is 52.4 Å². The summed E-state index contributed by atoms with van der Waals surface area (Å²) < 4.78 is 0. The highest BCUT2D eigenvalue weighted by Crippen LogP contribution is 2.10. The van der Waals surface area contributed by atoms with Crippen LogP contribution in [0.15, 0.2) is 4.99 Å². The van der Waals surface area contributed by atoms with Crippen molar-refractivity contribution in [2.45, 2.75) is 58.4 Å². The van der Waals surface area contributed by atoms with Gasteiger partial charge in [-0.2, -0.15) is 0 Å². The third-order valence-electron chi connectivity index (χ3n) is 5.58. The van der Waals surface area contributed by atoms with Crippen molar-refractivity contribution in [1.29, 1.82) is 0 Å². The summed E-state index contributed by atoms with van der Waals surface area (Å²) in [6.45, 7) is 13.0. The van der Waals surface area contributed by atoms with E-state index in [9.17, 15) is 4.79 Å². The van der Waals surface area contributed by atoms with Crippen molar-refractivity contribution in [2.75, 3.05) is 66.0 Å². The number of nitrogens with one attached hydrogen (secondary N) is 2. The van der Waals surface area contributed by atoms with Gasteiger partial charge < -0.3 is 20.4 Å². The molecule has 0 saturated carbocycles. The lowest BCUT2D eigenvalue weighted by atomic mass is 10.1. The Labute approximate surface area is 195 Å². The molecular weight excluding hydrogens is 479 g/mol. The van der Waals surface area contributed by atoms with E-state index < -0.39 is 0 Å². The van der Waals surface area contributed by atoms with Gasteiger partial charge >= 0.3 is 0 Å². The van der Waals surface area contributed by atoms with E-state index in [0.717, 1.165) is 38.7 Å². The average molecular weight is 523 g/mol. The number of nitrogens with zero attached hydrogens (tertiary/aromatic N) is 4. The molecule has 2 aliphatic heterocycles. The van der Waals surface area contributed by atoms with Crippen molar-refractivity contribution in [3.8, 4) is 0 Å². The highest BCUT2D eigenvalue weighted by Gasteiger charge is 2.21. The molecule has 0 aromatic carbocycles. The zero-order chi connectivity index (χ0) is 20.2. The topological polar surface area (TPSA) is 63.2 Å². The molecule has 0 aromatic rings. The molecule has 0 aromatic heterocycles. The highest BCUT2D eigenvalue weighted by atomic mass is 127. The van der Waals surface area contributed by atoms with Gasteiger partial charge in [0.2, 0.25) is 5.91 Å². The van der Waals surface area contributed by atoms with Crippen LogP contribution >= 0.6 is 24.0 Å². The minimum absolute atomic E-state index is 0. The number of hydrogen-bond donors (Lipinski definition) is 2. The fraction of sp³-hybridized carbons (Fsp3) is 0.905. The minimum Gasteiger partial charge on any atom is -0.356 e. The third kappa shape index (κ3) is 10.8.